The summed E-state index contributed by atoms with van der Waals surface area (Å²) in [5.41, 5.74) is 10.4. The Bertz CT molecular complexity index is 1100. The van der Waals surface area contributed by atoms with E-state index in [4.69, 9.17) is 10.5 Å². The Balaban J connectivity index is 1.73. The molecule has 1 aromatic heterocycles. The second-order valence-corrected chi connectivity index (χ2v) is 6.92. The fourth-order valence-electron chi connectivity index (χ4n) is 4.22. The van der Waals surface area contributed by atoms with Gasteiger partial charge in [-0.1, -0.05) is 0 Å². The van der Waals surface area contributed by atoms with E-state index in [9.17, 15) is 19.8 Å². The minimum Gasteiger partial charge on any atom is -0.508 e. The number of fused-ring (bicyclic) bond motifs is 5. The summed E-state index contributed by atoms with van der Waals surface area (Å²) in [5.74, 6) is -0.608. The maximum absolute atomic E-state index is 13.0. The van der Waals surface area contributed by atoms with Crippen molar-refractivity contribution in [1.82, 2.24) is 4.57 Å². The average Bonchev–Trinajstić information content (AvgIpc) is 3.02. The van der Waals surface area contributed by atoms with Crippen molar-refractivity contribution in [2.45, 2.75) is 25.3 Å². The molecule has 5 N–H and O–H groups in total. The van der Waals surface area contributed by atoms with E-state index in [1.807, 2.05) is 0 Å². The fourth-order valence-corrected chi connectivity index (χ4v) is 4.22. The van der Waals surface area contributed by atoms with Gasteiger partial charge in [0.1, 0.15) is 12.4 Å². The van der Waals surface area contributed by atoms with Gasteiger partial charge in [0.25, 0.3) is 5.56 Å². The quantitative estimate of drug-likeness (QED) is 0.428. The second kappa shape index (κ2) is 5.45. The summed E-state index contributed by atoms with van der Waals surface area (Å²) in [6.45, 7) is 0.473. The molecule has 0 aliphatic carbocycles. The lowest BCUT2D eigenvalue weighted by atomic mass is 9.89. The lowest BCUT2D eigenvalue weighted by Gasteiger charge is -2.28. The molecule has 5 rings (SSSR count). The molecule has 1 aromatic carbocycles. The highest BCUT2D eigenvalue weighted by Crippen LogP contribution is 2.45. The van der Waals surface area contributed by atoms with Crippen molar-refractivity contribution in [3.05, 3.63) is 62.6 Å². The van der Waals surface area contributed by atoms with Crippen LogP contribution in [0.15, 0.2) is 34.6 Å². The number of ether oxygens (including phenoxy) is 1. The number of aliphatic hydroxyl groups excluding tert-OH is 1. The van der Waals surface area contributed by atoms with E-state index >= 15 is 0 Å². The van der Waals surface area contributed by atoms with Crippen LogP contribution in [0, 0.1) is 0 Å². The summed E-state index contributed by atoms with van der Waals surface area (Å²) in [6, 6.07) is 6.42. The topological polar surface area (TPSA) is 127 Å². The minimum atomic E-state index is -1.46. The van der Waals surface area contributed by atoms with Gasteiger partial charge in [0.05, 0.1) is 11.6 Å². The third-order valence-corrected chi connectivity index (χ3v) is 5.54. The first kappa shape index (κ1) is 16.1. The molecule has 27 heavy (non-hydrogen) atoms. The number of aliphatic hydroxyl groups is 1. The van der Waals surface area contributed by atoms with Crippen LogP contribution in [0.4, 0.5) is 5.69 Å². The van der Waals surface area contributed by atoms with Crippen LogP contribution in [0.2, 0.25) is 0 Å². The minimum absolute atomic E-state index is 0.140. The standard InChI is InChI=1S/C19H17N3O5/c20-5-11-9-3-8(23)1-2-14(9)21-16-12(11)6-22-15(16)4-10-13(18(22)25)7-27-19(26)17(10)24/h1-4,16-17,21,23-24H,5-7,20H2. The predicted octanol–water partition coefficient (Wildman–Crippen LogP) is 0.537. The predicted molar refractivity (Wildman–Crippen MR) is 95.9 cm³/mol. The van der Waals surface area contributed by atoms with Gasteiger partial charge in [-0.3, -0.25) is 4.79 Å². The van der Waals surface area contributed by atoms with Crippen molar-refractivity contribution in [3.8, 4) is 5.75 Å². The van der Waals surface area contributed by atoms with Gasteiger partial charge in [-0.15, -0.1) is 0 Å². The van der Waals surface area contributed by atoms with E-state index in [1.54, 1.807) is 28.8 Å². The van der Waals surface area contributed by atoms with Crippen LogP contribution < -0.4 is 16.6 Å². The number of carbonyl (C=O) groups excluding carboxylic acids is 1. The number of nitrogens with one attached hydrogen (secondary N) is 1. The second-order valence-electron chi connectivity index (χ2n) is 6.92. The van der Waals surface area contributed by atoms with E-state index in [2.05, 4.69) is 5.32 Å². The number of anilines is 1. The maximum Gasteiger partial charge on any atom is 0.340 e. The van der Waals surface area contributed by atoms with E-state index in [-0.39, 0.29) is 30.5 Å². The van der Waals surface area contributed by atoms with E-state index < -0.39 is 12.1 Å². The third-order valence-electron chi connectivity index (χ3n) is 5.54. The molecule has 0 fully saturated rings. The highest BCUT2D eigenvalue weighted by atomic mass is 16.5. The number of hydrogen-bond donors (Lipinski definition) is 4. The van der Waals surface area contributed by atoms with Crippen LogP contribution in [0.1, 0.15) is 34.5 Å². The van der Waals surface area contributed by atoms with Crippen LogP contribution in [0.25, 0.3) is 5.57 Å². The molecule has 3 aliphatic heterocycles. The van der Waals surface area contributed by atoms with Gasteiger partial charge in [-0.2, -0.15) is 0 Å². The lowest BCUT2D eigenvalue weighted by Crippen LogP contribution is -2.33. The van der Waals surface area contributed by atoms with Crippen LogP contribution in [-0.2, 0) is 22.7 Å². The number of nitrogens with two attached hydrogens (primary N) is 1. The summed E-state index contributed by atoms with van der Waals surface area (Å²) < 4.78 is 6.53. The van der Waals surface area contributed by atoms with Crippen LogP contribution >= 0.6 is 0 Å². The van der Waals surface area contributed by atoms with Gasteiger partial charge in [0.15, 0.2) is 6.10 Å². The number of phenolic OH excluding ortho intramolecular Hbond substituents is 1. The largest absolute Gasteiger partial charge is 0.508 e. The van der Waals surface area contributed by atoms with Crippen LogP contribution in [-0.4, -0.2) is 27.3 Å². The highest BCUT2D eigenvalue weighted by molar-refractivity contribution is 5.85. The number of rotatable bonds is 1. The molecule has 2 unspecified atom stereocenters. The van der Waals surface area contributed by atoms with Crippen molar-refractivity contribution >= 4 is 17.2 Å². The number of pyridine rings is 1. The van der Waals surface area contributed by atoms with Crippen molar-refractivity contribution in [1.29, 1.82) is 0 Å². The third kappa shape index (κ3) is 2.11. The summed E-state index contributed by atoms with van der Waals surface area (Å²) in [5, 5.41) is 23.4. The Kier molecular flexibility index (Phi) is 3.25. The van der Waals surface area contributed by atoms with E-state index in [0.29, 0.717) is 23.4 Å². The molecule has 138 valence electrons. The van der Waals surface area contributed by atoms with Crippen molar-refractivity contribution in [2.75, 3.05) is 11.9 Å². The summed E-state index contributed by atoms with van der Waals surface area (Å²) >= 11 is 0. The molecular weight excluding hydrogens is 350 g/mol. The number of aromatic hydroxyl groups is 1. The molecule has 3 aliphatic rings. The Morgan fingerprint density at radius 2 is 2.11 bits per heavy atom. The zero-order valence-corrected chi connectivity index (χ0v) is 14.2. The molecule has 0 saturated carbocycles. The highest BCUT2D eigenvalue weighted by Gasteiger charge is 2.38. The number of phenols is 1. The maximum atomic E-state index is 13.0. The van der Waals surface area contributed by atoms with Crippen LogP contribution in [0.3, 0.4) is 0 Å². The molecule has 0 spiro atoms. The first-order valence-electron chi connectivity index (χ1n) is 8.62. The monoisotopic (exact) mass is 367 g/mol. The van der Waals surface area contributed by atoms with Crippen LogP contribution in [0.5, 0.6) is 5.75 Å². The number of aromatic nitrogens is 1. The number of carbonyl (C=O) groups is 1. The van der Waals surface area contributed by atoms with Gasteiger partial charge in [-0.05, 0) is 35.4 Å². The van der Waals surface area contributed by atoms with Crippen molar-refractivity contribution < 1.29 is 19.7 Å². The lowest BCUT2D eigenvalue weighted by molar-refractivity contribution is -0.157. The smallest absolute Gasteiger partial charge is 0.340 e. The number of benzene rings is 1. The number of cyclic esters (lactones) is 1. The summed E-state index contributed by atoms with van der Waals surface area (Å²) in [6.07, 6.45) is -1.46. The Morgan fingerprint density at radius 3 is 2.89 bits per heavy atom. The molecule has 2 aromatic rings. The normalized spacial score (nSPS) is 22.4. The molecule has 0 radical (unpaired) electrons. The number of hydrogen-bond acceptors (Lipinski definition) is 7. The van der Waals surface area contributed by atoms with E-state index in [1.165, 1.54) is 0 Å². The van der Waals surface area contributed by atoms with Gasteiger partial charge in [-0.25, -0.2) is 4.79 Å². The summed E-state index contributed by atoms with van der Waals surface area (Å²) in [7, 11) is 0. The molecule has 0 bridgehead atoms. The molecule has 2 atom stereocenters. The Hall–Kier alpha value is -3.10. The zero-order valence-electron chi connectivity index (χ0n) is 14.2. The fraction of sp³-hybridized carbons (Fsp3) is 0.263. The van der Waals surface area contributed by atoms with Gasteiger partial charge in [0.2, 0.25) is 0 Å². The summed E-state index contributed by atoms with van der Waals surface area (Å²) in [4.78, 5) is 24.7. The first-order valence-corrected chi connectivity index (χ1v) is 8.62. The first-order chi connectivity index (χ1) is 13.0. The van der Waals surface area contributed by atoms with Gasteiger partial charge >= 0.3 is 5.97 Å². The van der Waals surface area contributed by atoms with Gasteiger partial charge < -0.3 is 30.6 Å². The average molecular weight is 367 g/mol. The van der Waals surface area contributed by atoms with Crippen molar-refractivity contribution in [3.63, 3.8) is 0 Å². The van der Waals surface area contributed by atoms with Gasteiger partial charge in [0, 0.05) is 35.6 Å². The number of nitrogens with zero attached hydrogens (tertiary/aromatic N) is 1. The van der Waals surface area contributed by atoms with Crippen molar-refractivity contribution in [2.24, 2.45) is 5.73 Å². The zero-order chi connectivity index (χ0) is 18.9. The molecule has 8 nitrogen and oxygen atoms in total. The van der Waals surface area contributed by atoms with E-state index in [0.717, 1.165) is 22.4 Å². The molecular formula is C19H17N3O5. The molecule has 0 amide bonds. The Morgan fingerprint density at radius 1 is 1.30 bits per heavy atom. The molecule has 4 heterocycles. The number of esters is 1. The SMILES string of the molecule is NCC1=C2Cn3c(cc4c(c3=O)COC(=O)C4O)C2Nc2ccc(O)cc21. The molecule has 0 saturated heterocycles. The molecule has 8 heteroatoms. The Labute approximate surface area is 153 Å².